The van der Waals surface area contributed by atoms with E-state index in [1.807, 2.05) is 4.90 Å². The lowest BCUT2D eigenvalue weighted by Gasteiger charge is -2.43. The lowest BCUT2D eigenvalue weighted by Crippen LogP contribution is -2.59. The summed E-state index contributed by atoms with van der Waals surface area (Å²) in [7, 11) is 4.16. The van der Waals surface area contributed by atoms with E-state index in [1.54, 1.807) is 0 Å². The molecule has 0 bridgehead atoms. The van der Waals surface area contributed by atoms with Gasteiger partial charge in [0.2, 0.25) is 5.91 Å². The van der Waals surface area contributed by atoms with Gasteiger partial charge in [-0.1, -0.05) is 0 Å². The molecule has 1 aliphatic carbocycles. The zero-order valence-corrected chi connectivity index (χ0v) is 12.6. The molecule has 0 aromatic heterocycles. The minimum absolute atomic E-state index is 0.299. The van der Waals surface area contributed by atoms with Gasteiger partial charge < -0.3 is 19.3 Å². The monoisotopic (exact) mass is 282 g/mol. The van der Waals surface area contributed by atoms with Crippen LogP contribution in [-0.2, 0) is 14.3 Å². The molecule has 1 saturated carbocycles. The highest BCUT2D eigenvalue weighted by molar-refractivity contribution is 5.77. The number of hydrogen-bond donors (Lipinski definition) is 0. The SMILES string of the molecule is CN(C)C1CN(C(=O)CC2CCC3(CC2)OCCO3)C1. The van der Waals surface area contributed by atoms with E-state index in [-0.39, 0.29) is 5.79 Å². The minimum atomic E-state index is -0.299. The summed E-state index contributed by atoms with van der Waals surface area (Å²) in [6.07, 6.45) is 4.71. The third-order valence-electron chi connectivity index (χ3n) is 5.09. The second kappa shape index (κ2) is 5.62. The van der Waals surface area contributed by atoms with Crippen LogP contribution >= 0.6 is 0 Å². The van der Waals surface area contributed by atoms with Crippen LogP contribution in [0.2, 0.25) is 0 Å². The highest BCUT2D eigenvalue weighted by Gasteiger charge is 2.41. The van der Waals surface area contributed by atoms with Crippen LogP contribution in [0.3, 0.4) is 0 Å². The third kappa shape index (κ3) is 2.85. The maximum Gasteiger partial charge on any atom is 0.222 e. The van der Waals surface area contributed by atoms with Crippen molar-refractivity contribution in [3.8, 4) is 0 Å². The molecule has 3 rings (SSSR count). The lowest BCUT2D eigenvalue weighted by molar-refractivity contribution is -0.183. The van der Waals surface area contributed by atoms with E-state index in [0.717, 1.165) is 52.0 Å². The fraction of sp³-hybridized carbons (Fsp3) is 0.933. The number of ether oxygens (including phenoxy) is 2. The number of rotatable bonds is 3. The molecule has 1 spiro atoms. The average Bonchev–Trinajstić information content (AvgIpc) is 2.79. The predicted molar refractivity (Wildman–Crippen MR) is 75.3 cm³/mol. The predicted octanol–water partition coefficient (Wildman–Crippen LogP) is 1.08. The Morgan fingerprint density at radius 2 is 1.80 bits per heavy atom. The van der Waals surface area contributed by atoms with Crippen molar-refractivity contribution in [2.24, 2.45) is 5.92 Å². The molecule has 2 heterocycles. The maximum atomic E-state index is 12.2. The second-order valence-electron chi connectivity index (χ2n) is 6.67. The first kappa shape index (κ1) is 14.3. The maximum absolute atomic E-state index is 12.2. The minimum Gasteiger partial charge on any atom is -0.348 e. The van der Waals surface area contributed by atoms with Crippen LogP contribution in [0, 0.1) is 5.92 Å². The molecule has 5 nitrogen and oxygen atoms in total. The first-order chi connectivity index (χ1) is 9.58. The van der Waals surface area contributed by atoms with Crippen molar-refractivity contribution in [3.05, 3.63) is 0 Å². The van der Waals surface area contributed by atoms with Crippen LogP contribution in [0.1, 0.15) is 32.1 Å². The number of hydrogen-bond acceptors (Lipinski definition) is 4. The summed E-state index contributed by atoms with van der Waals surface area (Å²) in [4.78, 5) is 16.4. The van der Waals surface area contributed by atoms with Crippen molar-refractivity contribution >= 4 is 5.91 Å². The van der Waals surface area contributed by atoms with Gasteiger partial charge in [0.1, 0.15) is 0 Å². The van der Waals surface area contributed by atoms with Crippen molar-refractivity contribution in [2.75, 3.05) is 40.4 Å². The van der Waals surface area contributed by atoms with Gasteiger partial charge in [-0.05, 0) is 32.9 Å². The van der Waals surface area contributed by atoms with E-state index < -0.39 is 0 Å². The Balaban J connectivity index is 1.40. The molecular formula is C15H26N2O3. The Morgan fingerprint density at radius 3 is 2.35 bits per heavy atom. The zero-order valence-electron chi connectivity index (χ0n) is 12.6. The average molecular weight is 282 g/mol. The van der Waals surface area contributed by atoms with Crippen molar-refractivity contribution in [1.29, 1.82) is 0 Å². The fourth-order valence-corrected chi connectivity index (χ4v) is 3.47. The highest BCUT2D eigenvalue weighted by atomic mass is 16.7. The summed E-state index contributed by atoms with van der Waals surface area (Å²) < 4.78 is 11.5. The number of likely N-dealkylation sites (N-methyl/N-ethyl adjacent to an activating group) is 1. The smallest absolute Gasteiger partial charge is 0.222 e. The fourth-order valence-electron chi connectivity index (χ4n) is 3.47. The second-order valence-corrected chi connectivity index (χ2v) is 6.67. The Kier molecular flexibility index (Phi) is 4.02. The summed E-state index contributed by atoms with van der Waals surface area (Å²) in [6, 6.07) is 0.550. The van der Waals surface area contributed by atoms with Gasteiger partial charge in [-0.25, -0.2) is 0 Å². The molecular weight excluding hydrogens is 256 g/mol. The van der Waals surface area contributed by atoms with Crippen LogP contribution in [0.15, 0.2) is 0 Å². The van der Waals surface area contributed by atoms with Crippen LogP contribution in [0.4, 0.5) is 0 Å². The van der Waals surface area contributed by atoms with E-state index in [1.165, 1.54) is 0 Å². The van der Waals surface area contributed by atoms with Crippen molar-refractivity contribution in [2.45, 2.75) is 43.9 Å². The molecule has 0 atom stereocenters. The molecule has 0 unspecified atom stereocenters. The number of carbonyl (C=O) groups is 1. The largest absolute Gasteiger partial charge is 0.348 e. The van der Waals surface area contributed by atoms with Gasteiger partial charge >= 0.3 is 0 Å². The Hall–Kier alpha value is -0.650. The molecule has 1 amide bonds. The number of amides is 1. The van der Waals surface area contributed by atoms with E-state index in [0.29, 0.717) is 24.3 Å². The molecule has 0 aromatic carbocycles. The summed E-state index contributed by atoms with van der Waals surface area (Å²) in [5.74, 6) is 0.545. The van der Waals surface area contributed by atoms with Gasteiger partial charge in [0, 0.05) is 38.4 Å². The van der Waals surface area contributed by atoms with Gasteiger partial charge in [-0.2, -0.15) is 0 Å². The molecule has 0 N–H and O–H groups in total. The molecule has 2 saturated heterocycles. The molecule has 2 aliphatic heterocycles. The highest BCUT2D eigenvalue weighted by Crippen LogP contribution is 2.39. The topological polar surface area (TPSA) is 42.0 Å². The molecule has 0 aromatic rings. The normalized spacial score (nSPS) is 27.2. The molecule has 5 heteroatoms. The Bertz CT molecular complexity index is 350. The number of nitrogens with zero attached hydrogens (tertiary/aromatic N) is 2. The first-order valence-corrected chi connectivity index (χ1v) is 7.80. The van der Waals surface area contributed by atoms with E-state index in [9.17, 15) is 4.79 Å². The molecule has 20 heavy (non-hydrogen) atoms. The quantitative estimate of drug-likeness (QED) is 0.777. The van der Waals surface area contributed by atoms with E-state index in [4.69, 9.17) is 9.47 Å². The van der Waals surface area contributed by atoms with E-state index in [2.05, 4.69) is 19.0 Å². The number of carbonyl (C=O) groups excluding carboxylic acids is 1. The summed E-state index contributed by atoms with van der Waals surface area (Å²) in [5.41, 5.74) is 0. The Labute approximate surface area is 121 Å². The van der Waals surface area contributed by atoms with Gasteiger partial charge in [0.15, 0.2) is 5.79 Å². The van der Waals surface area contributed by atoms with Gasteiger partial charge in [-0.3, -0.25) is 4.79 Å². The van der Waals surface area contributed by atoms with Gasteiger partial charge in [0.25, 0.3) is 0 Å². The molecule has 3 aliphatic rings. The summed E-state index contributed by atoms with van der Waals surface area (Å²) >= 11 is 0. The van der Waals surface area contributed by atoms with Gasteiger partial charge in [-0.15, -0.1) is 0 Å². The molecule has 3 fully saturated rings. The number of likely N-dealkylation sites (tertiary alicyclic amines) is 1. The zero-order chi connectivity index (χ0) is 14.2. The van der Waals surface area contributed by atoms with Crippen molar-refractivity contribution in [1.82, 2.24) is 9.80 Å². The Morgan fingerprint density at radius 1 is 1.20 bits per heavy atom. The van der Waals surface area contributed by atoms with Crippen molar-refractivity contribution < 1.29 is 14.3 Å². The van der Waals surface area contributed by atoms with Crippen LogP contribution in [0.25, 0.3) is 0 Å². The van der Waals surface area contributed by atoms with Crippen LogP contribution in [-0.4, -0.2) is 67.9 Å². The van der Waals surface area contributed by atoms with E-state index >= 15 is 0 Å². The lowest BCUT2D eigenvalue weighted by atomic mass is 9.82. The summed E-state index contributed by atoms with van der Waals surface area (Å²) in [6.45, 7) is 3.25. The standard InChI is InChI=1S/C15H26N2O3/c1-16(2)13-10-17(11-13)14(18)9-12-3-5-15(6-4-12)19-7-8-20-15/h12-13H,3-11H2,1-2H3. The van der Waals surface area contributed by atoms with Gasteiger partial charge in [0.05, 0.1) is 13.2 Å². The van der Waals surface area contributed by atoms with Crippen molar-refractivity contribution in [3.63, 3.8) is 0 Å². The van der Waals surface area contributed by atoms with Crippen LogP contribution in [0.5, 0.6) is 0 Å². The first-order valence-electron chi connectivity index (χ1n) is 7.80. The third-order valence-corrected chi connectivity index (χ3v) is 5.09. The van der Waals surface area contributed by atoms with Crippen LogP contribution < -0.4 is 0 Å². The molecule has 114 valence electrons. The summed E-state index contributed by atoms with van der Waals surface area (Å²) in [5, 5.41) is 0. The molecule has 0 radical (unpaired) electrons.